The van der Waals surface area contributed by atoms with Gasteiger partial charge in [-0.25, -0.2) is 12.9 Å². The molecule has 0 bridgehead atoms. The molecule has 2 heterocycles. The summed E-state index contributed by atoms with van der Waals surface area (Å²) >= 11 is 3.46. The maximum atomic E-state index is 11.7. The third-order valence-corrected chi connectivity index (χ3v) is 5.89. The van der Waals surface area contributed by atoms with Gasteiger partial charge in [0.1, 0.15) is 5.69 Å². The van der Waals surface area contributed by atoms with E-state index in [0.717, 1.165) is 32.4 Å². The van der Waals surface area contributed by atoms with Gasteiger partial charge in [0.2, 0.25) is 0 Å². The van der Waals surface area contributed by atoms with E-state index in [1.54, 1.807) is 12.1 Å². The molecule has 2 aromatic heterocycles. The highest BCUT2D eigenvalue weighted by atomic mass is 79.9. The number of rotatable bonds is 3. The quantitative estimate of drug-likeness (QED) is 0.471. The summed E-state index contributed by atoms with van der Waals surface area (Å²) in [6.45, 7) is 0. The Morgan fingerprint density at radius 3 is 2.19 bits per heavy atom. The van der Waals surface area contributed by atoms with Gasteiger partial charge in [0.05, 0.1) is 10.4 Å². The average molecular weight is 427 g/mol. The van der Waals surface area contributed by atoms with Crippen molar-refractivity contribution in [3.05, 3.63) is 77.4 Å². The van der Waals surface area contributed by atoms with Gasteiger partial charge in [-0.05, 0) is 42.0 Å². The fourth-order valence-corrected chi connectivity index (χ4v) is 3.86. The van der Waals surface area contributed by atoms with Crippen LogP contribution in [-0.2, 0) is 9.84 Å². The number of benzene rings is 2. The minimum atomic E-state index is -3.22. The summed E-state index contributed by atoms with van der Waals surface area (Å²) in [6.07, 6.45) is 3.12. The van der Waals surface area contributed by atoms with E-state index in [4.69, 9.17) is 5.10 Å². The van der Waals surface area contributed by atoms with Crippen LogP contribution in [0, 0.1) is 0 Å². The van der Waals surface area contributed by atoms with Crippen molar-refractivity contribution in [1.82, 2.24) is 9.61 Å². The van der Waals surface area contributed by atoms with Crippen molar-refractivity contribution in [2.75, 3.05) is 6.26 Å². The highest BCUT2D eigenvalue weighted by Gasteiger charge is 2.17. The van der Waals surface area contributed by atoms with Gasteiger partial charge in [-0.3, -0.25) is 0 Å². The molecule has 0 unspecified atom stereocenters. The Bertz CT molecular complexity index is 1200. The monoisotopic (exact) mass is 426 g/mol. The zero-order valence-corrected chi connectivity index (χ0v) is 16.3. The molecule has 0 spiro atoms. The molecule has 0 radical (unpaired) electrons. The summed E-state index contributed by atoms with van der Waals surface area (Å²) in [5, 5.41) is 4.74. The fraction of sp³-hybridized carbons (Fsp3) is 0.0500. The van der Waals surface area contributed by atoms with E-state index >= 15 is 0 Å². The molecular weight excluding hydrogens is 412 g/mol. The van der Waals surface area contributed by atoms with Gasteiger partial charge in [-0.1, -0.05) is 46.3 Å². The van der Waals surface area contributed by atoms with Crippen LogP contribution in [0.2, 0.25) is 0 Å². The SMILES string of the molecule is CS(=O)(=O)c1ccc(-c2c(-c3ccc(Br)cc3)nn3ccccc23)cc1. The van der Waals surface area contributed by atoms with Crippen LogP contribution in [-0.4, -0.2) is 24.3 Å². The molecule has 0 N–H and O–H groups in total. The van der Waals surface area contributed by atoms with E-state index < -0.39 is 9.84 Å². The second-order valence-electron chi connectivity index (χ2n) is 6.06. The summed E-state index contributed by atoms with van der Waals surface area (Å²) < 4.78 is 26.3. The van der Waals surface area contributed by atoms with Crippen LogP contribution in [0.3, 0.4) is 0 Å². The Morgan fingerprint density at radius 2 is 1.54 bits per heavy atom. The standard InChI is InChI=1S/C20H15BrN2O2S/c1-26(24,25)17-11-7-14(8-12-17)19-18-4-2-3-13-23(18)22-20(19)15-5-9-16(21)10-6-15/h2-13H,1H3. The van der Waals surface area contributed by atoms with Crippen molar-refractivity contribution < 1.29 is 8.42 Å². The Balaban J connectivity index is 1.96. The van der Waals surface area contributed by atoms with E-state index in [9.17, 15) is 8.42 Å². The lowest BCUT2D eigenvalue weighted by Gasteiger charge is -2.06. The number of nitrogens with zero attached hydrogens (tertiary/aromatic N) is 2. The van der Waals surface area contributed by atoms with E-state index in [1.807, 2.05) is 65.3 Å². The van der Waals surface area contributed by atoms with Gasteiger partial charge in [-0.15, -0.1) is 0 Å². The van der Waals surface area contributed by atoms with Crippen molar-refractivity contribution in [2.24, 2.45) is 0 Å². The molecule has 0 aliphatic heterocycles. The van der Waals surface area contributed by atoms with Crippen LogP contribution >= 0.6 is 15.9 Å². The van der Waals surface area contributed by atoms with E-state index in [1.165, 1.54) is 6.26 Å². The van der Waals surface area contributed by atoms with Crippen LogP contribution in [0.5, 0.6) is 0 Å². The van der Waals surface area contributed by atoms with Gasteiger partial charge >= 0.3 is 0 Å². The van der Waals surface area contributed by atoms with Crippen LogP contribution in [0.4, 0.5) is 0 Å². The largest absolute Gasteiger partial charge is 0.240 e. The first-order valence-corrected chi connectivity index (χ1v) is 10.7. The third-order valence-electron chi connectivity index (χ3n) is 4.23. The minimum absolute atomic E-state index is 0.308. The van der Waals surface area contributed by atoms with Crippen LogP contribution in [0.15, 0.2) is 82.3 Å². The Morgan fingerprint density at radius 1 is 0.885 bits per heavy atom. The Kier molecular flexibility index (Phi) is 4.17. The van der Waals surface area contributed by atoms with Gasteiger partial charge in [0.15, 0.2) is 9.84 Å². The van der Waals surface area contributed by atoms with E-state index in [-0.39, 0.29) is 0 Å². The Hall–Kier alpha value is -2.44. The van der Waals surface area contributed by atoms with Gasteiger partial charge < -0.3 is 0 Å². The van der Waals surface area contributed by atoms with Gasteiger partial charge in [0.25, 0.3) is 0 Å². The lowest BCUT2D eigenvalue weighted by Crippen LogP contribution is -1.96. The van der Waals surface area contributed by atoms with Crippen molar-refractivity contribution >= 4 is 31.3 Å². The maximum Gasteiger partial charge on any atom is 0.175 e. The van der Waals surface area contributed by atoms with Crippen LogP contribution in [0.1, 0.15) is 0 Å². The zero-order chi connectivity index (χ0) is 18.3. The smallest absolute Gasteiger partial charge is 0.175 e. The molecule has 6 heteroatoms. The minimum Gasteiger partial charge on any atom is -0.240 e. The second kappa shape index (κ2) is 6.37. The number of sulfone groups is 1. The van der Waals surface area contributed by atoms with Crippen LogP contribution < -0.4 is 0 Å². The molecular formula is C20H15BrN2O2S. The number of hydrogen-bond acceptors (Lipinski definition) is 3. The third kappa shape index (κ3) is 3.06. The average Bonchev–Trinajstić information content (AvgIpc) is 3.01. The molecule has 0 saturated heterocycles. The zero-order valence-electron chi connectivity index (χ0n) is 13.9. The molecule has 0 aliphatic rings. The molecule has 0 saturated carbocycles. The first-order chi connectivity index (χ1) is 12.4. The first-order valence-electron chi connectivity index (χ1n) is 7.97. The Labute approximate surface area is 160 Å². The topological polar surface area (TPSA) is 51.4 Å². The second-order valence-corrected chi connectivity index (χ2v) is 8.99. The lowest BCUT2D eigenvalue weighted by molar-refractivity contribution is 0.602. The fourth-order valence-electron chi connectivity index (χ4n) is 2.96. The molecule has 4 aromatic rings. The number of aromatic nitrogens is 2. The van der Waals surface area contributed by atoms with E-state index in [0.29, 0.717) is 4.90 Å². The molecule has 0 fully saturated rings. The van der Waals surface area contributed by atoms with Crippen LogP contribution in [0.25, 0.3) is 27.9 Å². The normalized spacial score (nSPS) is 11.8. The number of fused-ring (bicyclic) bond motifs is 1. The van der Waals surface area contributed by atoms with Crippen molar-refractivity contribution in [2.45, 2.75) is 4.90 Å². The van der Waals surface area contributed by atoms with E-state index in [2.05, 4.69) is 15.9 Å². The molecule has 130 valence electrons. The predicted molar refractivity (Wildman–Crippen MR) is 107 cm³/mol. The lowest BCUT2D eigenvalue weighted by atomic mass is 10.00. The summed E-state index contributed by atoms with van der Waals surface area (Å²) in [6, 6.07) is 20.9. The molecule has 26 heavy (non-hydrogen) atoms. The van der Waals surface area contributed by atoms with Crippen molar-refractivity contribution in [3.63, 3.8) is 0 Å². The molecule has 0 amide bonds. The predicted octanol–water partition coefficient (Wildman–Crippen LogP) is 4.83. The van der Waals surface area contributed by atoms with Gasteiger partial charge in [-0.2, -0.15) is 5.10 Å². The van der Waals surface area contributed by atoms with Crippen molar-refractivity contribution in [3.8, 4) is 22.4 Å². The molecule has 0 atom stereocenters. The summed E-state index contributed by atoms with van der Waals surface area (Å²) in [5.74, 6) is 0. The maximum absolute atomic E-state index is 11.7. The summed E-state index contributed by atoms with van der Waals surface area (Å²) in [7, 11) is -3.22. The molecule has 2 aromatic carbocycles. The number of halogens is 1. The summed E-state index contributed by atoms with van der Waals surface area (Å²) in [5.41, 5.74) is 4.73. The van der Waals surface area contributed by atoms with Gasteiger partial charge in [0, 0.05) is 28.1 Å². The molecule has 0 aliphatic carbocycles. The molecule has 4 rings (SSSR count). The molecule has 4 nitrogen and oxygen atoms in total. The highest BCUT2D eigenvalue weighted by molar-refractivity contribution is 9.10. The van der Waals surface area contributed by atoms with Crippen molar-refractivity contribution in [1.29, 1.82) is 0 Å². The summed E-state index contributed by atoms with van der Waals surface area (Å²) in [4.78, 5) is 0.308. The first kappa shape index (κ1) is 17.0. The number of pyridine rings is 1. The number of hydrogen-bond donors (Lipinski definition) is 0. The highest BCUT2D eigenvalue weighted by Crippen LogP contribution is 2.35.